The number of ether oxygens (including phenoxy) is 2. The van der Waals surface area contributed by atoms with Gasteiger partial charge in [0, 0.05) is 33.9 Å². The highest BCUT2D eigenvalue weighted by Crippen LogP contribution is 2.28. The van der Waals surface area contributed by atoms with Gasteiger partial charge in [-0.3, -0.25) is 4.21 Å². The van der Waals surface area contributed by atoms with E-state index in [0.29, 0.717) is 17.3 Å². The lowest BCUT2D eigenvalue weighted by molar-refractivity contribution is 0.396. The van der Waals surface area contributed by atoms with Crippen LogP contribution in [0.25, 0.3) is 0 Å². The van der Waals surface area contributed by atoms with Crippen LogP contribution in [0.2, 0.25) is 0 Å². The zero-order valence-corrected chi connectivity index (χ0v) is 12.7. The smallest absolute Gasteiger partial charge is 0.123 e. The van der Waals surface area contributed by atoms with Crippen LogP contribution in [-0.2, 0) is 10.8 Å². The van der Waals surface area contributed by atoms with Crippen molar-refractivity contribution >= 4 is 10.8 Å². The van der Waals surface area contributed by atoms with Crippen LogP contribution < -0.4 is 15.2 Å². The Morgan fingerprint density at radius 2 is 2.05 bits per heavy atom. The predicted molar refractivity (Wildman–Crippen MR) is 79.3 cm³/mol. The standard InChI is InChI=1S/C14H23NO3S/c1-4-5-8-19(16)10-13(15)12-9-11(17-2)6-7-14(12)18-3/h6-7,9,13H,4-5,8,10,15H2,1-3H3. The summed E-state index contributed by atoms with van der Waals surface area (Å²) in [6.45, 7) is 2.09. The van der Waals surface area contributed by atoms with Gasteiger partial charge in [0.05, 0.1) is 14.2 Å². The minimum Gasteiger partial charge on any atom is -0.497 e. The summed E-state index contributed by atoms with van der Waals surface area (Å²) < 4.78 is 22.4. The van der Waals surface area contributed by atoms with Crippen molar-refractivity contribution < 1.29 is 13.7 Å². The van der Waals surface area contributed by atoms with Crippen LogP contribution in [0.1, 0.15) is 31.4 Å². The first-order valence-electron chi connectivity index (χ1n) is 6.44. The van der Waals surface area contributed by atoms with E-state index in [-0.39, 0.29) is 6.04 Å². The number of benzene rings is 1. The largest absolute Gasteiger partial charge is 0.497 e. The Labute approximate surface area is 117 Å². The van der Waals surface area contributed by atoms with Gasteiger partial charge in [-0.15, -0.1) is 0 Å². The van der Waals surface area contributed by atoms with Gasteiger partial charge >= 0.3 is 0 Å². The Balaban J connectivity index is 2.79. The SMILES string of the molecule is CCCCS(=O)CC(N)c1cc(OC)ccc1OC. The number of rotatable bonds is 8. The fraction of sp³-hybridized carbons (Fsp3) is 0.571. The molecule has 2 unspecified atom stereocenters. The summed E-state index contributed by atoms with van der Waals surface area (Å²) in [5.41, 5.74) is 6.98. The Morgan fingerprint density at radius 1 is 1.32 bits per heavy atom. The average Bonchev–Trinajstić information content (AvgIpc) is 2.44. The number of methoxy groups -OCH3 is 2. The number of hydrogen-bond donors (Lipinski definition) is 1. The molecule has 0 amide bonds. The average molecular weight is 285 g/mol. The molecule has 19 heavy (non-hydrogen) atoms. The van der Waals surface area contributed by atoms with Gasteiger partial charge in [0.2, 0.25) is 0 Å². The molecule has 0 aromatic heterocycles. The number of hydrogen-bond acceptors (Lipinski definition) is 4. The van der Waals surface area contributed by atoms with Gasteiger partial charge < -0.3 is 15.2 Å². The van der Waals surface area contributed by atoms with Crippen molar-refractivity contribution in [1.29, 1.82) is 0 Å². The van der Waals surface area contributed by atoms with Crippen LogP contribution in [0.5, 0.6) is 11.5 Å². The zero-order valence-electron chi connectivity index (χ0n) is 11.8. The highest BCUT2D eigenvalue weighted by Gasteiger charge is 2.16. The Bertz CT molecular complexity index is 423. The third-order valence-corrected chi connectivity index (χ3v) is 4.40. The van der Waals surface area contributed by atoms with Gasteiger partial charge in [-0.1, -0.05) is 13.3 Å². The molecule has 0 heterocycles. The minimum atomic E-state index is -0.891. The Kier molecular flexibility index (Phi) is 6.87. The van der Waals surface area contributed by atoms with Crippen LogP contribution in [0.15, 0.2) is 18.2 Å². The quantitative estimate of drug-likeness (QED) is 0.796. The van der Waals surface area contributed by atoms with Crippen LogP contribution in [0.3, 0.4) is 0 Å². The van der Waals surface area contributed by atoms with E-state index >= 15 is 0 Å². The van der Waals surface area contributed by atoms with Gasteiger partial charge in [0.25, 0.3) is 0 Å². The topological polar surface area (TPSA) is 61.6 Å². The summed E-state index contributed by atoms with van der Waals surface area (Å²) >= 11 is 0. The van der Waals surface area contributed by atoms with Crippen molar-refractivity contribution in [2.45, 2.75) is 25.8 Å². The molecule has 0 saturated carbocycles. The fourth-order valence-corrected chi connectivity index (χ4v) is 3.17. The second-order valence-electron chi connectivity index (χ2n) is 4.38. The molecule has 1 aromatic rings. The van der Waals surface area contributed by atoms with E-state index in [1.807, 2.05) is 18.2 Å². The van der Waals surface area contributed by atoms with Crippen molar-refractivity contribution in [3.05, 3.63) is 23.8 Å². The number of nitrogens with two attached hydrogens (primary N) is 1. The van der Waals surface area contributed by atoms with Gasteiger partial charge in [-0.2, -0.15) is 0 Å². The lowest BCUT2D eigenvalue weighted by Crippen LogP contribution is -2.20. The molecule has 0 aliphatic rings. The lowest BCUT2D eigenvalue weighted by atomic mass is 10.1. The van der Waals surface area contributed by atoms with E-state index in [1.54, 1.807) is 14.2 Å². The van der Waals surface area contributed by atoms with Crippen molar-refractivity contribution in [2.24, 2.45) is 5.73 Å². The minimum absolute atomic E-state index is 0.303. The maximum Gasteiger partial charge on any atom is 0.123 e. The van der Waals surface area contributed by atoms with Gasteiger partial charge in [-0.05, 0) is 24.6 Å². The van der Waals surface area contributed by atoms with E-state index in [9.17, 15) is 4.21 Å². The third kappa shape index (κ3) is 4.84. The first-order chi connectivity index (χ1) is 9.12. The highest BCUT2D eigenvalue weighted by atomic mass is 32.2. The monoisotopic (exact) mass is 285 g/mol. The molecule has 0 fully saturated rings. The molecular formula is C14H23NO3S. The highest BCUT2D eigenvalue weighted by molar-refractivity contribution is 7.85. The molecule has 0 aliphatic carbocycles. The van der Waals surface area contributed by atoms with Crippen LogP contribution >= 0.6 is 0 Å². The maximum atomic E-state index is 11.9. The molecule has 1 rings (SSSR count). The van der Waals surface area contributed by atoms with Crippen LogP contribution in [0, 0.1) is 0 Å². The second kappa shape index (κ2) is 8.17. The molecule has 4 nitrogen and oxygen atoms in total. The van der Waals surface area contributed by atoms with Crippen molar-refractivity contribution in [3.63, 3.8) is 0 Å². The summed E-state index contributed by atoms with van der Waals surface area (Å²) in [5, 5.41) is 0. The van der Waals surface area contributed by atoms with Crippen molar-refractivity contribution in [3.8, 4) is 11.5 Å². The molecular weight excluding hydrogens is 262 g/mol. The molecule has 1 aromatic carbocycles. The van der Waals surface area contributed by atoms with Crippen LogP contribution in [0.4, 0.5) is 0 Å². The first kappa shape index (κ1) is 16.0. The summed E-state index contributed by atoms with van der Waals surface area (Å²) in [6, 6.07) is 5.19. The van der Waals surface area contributed by atoms with Gasteiger partial charge in [0.15, 0.2) is 0 Å². The van der Waals surface area contributed by atoms with E-state index in [4.69, 9.17) is 15.2 Å². The molecule has 5 heteroatoms. The van der Waals surface area contributed by atoms with Crippen molar-refractivity contribution in [1.82, 2.24) is 0 Å². The van der Waals surface area contributed by atoms with Crippen molar-refractivity contribution in [2.75, 3.05) is 25.7 Å². The fourth-order valence-electron chi connectivity index (χ4n) is 1.81. The molecule has 0 spiro atoms. The molecule has 2 N–H and O–H groups in total. The zero-order chi connectivity index (χ0) is 14.3. The molecule has 2 atom stereocenters. The van der Waals surface area contributed by atoms with Gasteiger partial charge in [0.1, 0.15) is 11.5 Å². The van der Waals surface area contributed by atoms with E-state index < -0.39 is 10.8 Å². The molecule has 0 saturated heterocycles. The first-order valence-corrected chi connectivity index (χ1v) is 7.93. The van der Waals surface area contributed by atoms with E-state index in [1.165, 1.54) is 0 Å². The maximum absolute atomic E-state index is 11.9. The molecule has 0 radical (unpaired) electrons. The molecule has 0 aliphatic heterocycles. The Morgan fingerprint density at radius 3 is 2.63 bits per heavy atom. The summed E-state index contributed by atoms with van der Waals surface area (Å²) in [6.07, 6.45) is 2.01. The normalized spacial score (nSPS) is 13.9. The lowest BCUT2D eigenvalue weighted by Gasteiger charge is -2.16. The Hall–Kier alpha value is -1.07. The van der Waals surface area contributed by atoms with E-state index in [2.05, 4.69) is 6.92 Å². The predicted octanol–water partition coefficient (Wildman–Crippen LogP) is 2.25. The second-order valence-corrected chi connectivity index (χ2v) is 6.00. The summed E-state index contributed by atoms with van der Waals surface area (Å²) in [4.78, 5) is 0. The van der Waals surface area contributed by atoms with Gasteiger partial charge in [-0.25, -0.2) is 0 Å². The van der Waals surface area contributed by atoms with Crippen LogP contribution in [-0.4, -0.2) is 29.9 Å². The molecule has 0 bridgehead atoms. The summed E-state index contributed by atoms with van der Waals surface area (Å²) in [5.74, 6) is 2.59. The third-order valence-electron chi connectivity index (χ3n) is 2.93. The van der Waals surface area contributed by atoms with E-state index in [0.717, 1.165) is 24.2 Å². The number of unbranched alkanes of at least 4 members (excludes halogenated alkanes) is 1. The molecule has 108 valence electrons. The summed E-state index contributed by atoms with van der Waals surface area (Å²) in [7, 11) is 2.32.